The van der Waals surface area contributed by atoms with E-state index in [4.69, 9.17) is 10.3 Å². The smallest absolute Gasteiger partial charge is 0.267 e. The Bertz CT molecular complexity index is 1050. The highest BCUT2D eigenvalue weighted by Crippen LogP contribution is 2.19. The standard InChI is InChI=1S/C15H15N3O6S2/c16-25(21,22)13-7-5-12(6-8-13)18-26(23,24)14-3-1-2-11(10-14)4-9-15(19)17-20/h1-10,18,20H,(H,17,19)(H2,16,21,22). The largest absolute Gasteiger partial charge is 0.288 e. The first-order chi connectivity index (χ1) is 12.1. The van der Waals surface area contributed by atoms with E-state index in [9.17, 15) is 21.6 Å². The Morgan fingerprint density at radius 3 is 2.23 bits per heavy atom. The number of hydrogen-bond acceptors (Lipinski definition) is 6. The van der Waals surface area contributed by atoms with Crippen molar-refractivity contribution < 1.29 is 26.8 Å². The molecular weight excluding hydrogens is 382 g/mol. The van der Waals surface area contributed by atoms with Crippen molar-refractivity contribution in [2.75, 3.05) is 4.72 Å². The Morgan fingerprint density at radius 2 is 1.65 bits per heavy atom. The summed E-state index contributed by atoms with van der Waals surface area (Å²) in [6.07, 6.45) is 2.36. The molecule has 26 heavy (non-hydrogen) atoms. The Balaban J connectivity index is 2.25. The summed E-state index contributed by atoms with van der Waals surface area (Å²) in [5, 5.41) is 13.4. The van der Waals surface area contributed by atoms with E-state index in [1.807, 2.05) is 0 Å². The maximum Gasteiger partial charge on any atom is 0.267 e. The van der Waals surface area contributed by atoms with E-state index >= 15 is 0 Å². The van der Waals surface area contributed by atoms with E-state index in [-0.39, 0.29) is 15.5 Å². The number of anilines is 1. The molecule has 2 aromatic rings. The van der Waals surface area contributed by atoms with Crippen molar-refractivity contribution in [3.8, 4) is 0 Å². The van der Waals surface area contributed by atoms with E-state index in [1.165, 1.54) is 54.0 Å². The number of carbonyl (C=O) groups excluding carboxylic acids is 1. The fourth-order valence-corrected chi connectivity index (χ4v) is 3.55. The summed E-state index contributed by atoms with van der Waals surface area (Å²) in [6.45, 7) is 0. The van der Waals surface area contributed by atoms with E-state index in [0.29, 0.717) is 5.56 Å². The third-order valence-electron chi connectivity index (χ3n) is 3.14. The van der Waals surface area contributed by atoms with Gasteiger partial charge in [0.2, 0.25) is 10.0 Å². The molecule has 0 aliphatic rings. The zero-order valence-corrected chi connectivity index (χ0v) is 14.8. The quantitative estimate of drug-likeness (QED) is 0.319. The topological polar surface area (TPSA) is 156 Å². The molecule has 138 valence electrons. The normalized spacial score (nSPS) is 12.1. The molecule has 11 heteroatoms. The maximum atomic E-state index is 12.4. The number of amides is 1. The number of hydrogen-bond donors (Lipinski definition) is 4. The highest BCUT2D eigenvalue weighted by molar-refractivity contribution is 7.92. The molecule has 9 nitrogen and oxygen atoms in total. The SMILES string of the molecule is NS(=O)(=O)c1ccc(NS(=O)(=O)c2cccc(C=CC(=O)NO)c2)cc1. The van der Waals surface area contributed by atoms with Gasteiger partial charge in [0, 0.05) is 11.8 Å². The van der Waals surface area contributed by atoms with Crippen molar-refractivity contribution in [3.05, 3.63) is 60.2 Å². The lowest BCUT2D eigenvalue weighted by atomic mass is 10.2. The summed E-state index contributed by atoms with van der Waals surface area (Å²) < 4.78 is 49.6. The Morgan fingerprint density at radius 1 is 1.00 bits per heavy atom. The Hall–Kier alpha value is -2.73. The van der Waals surface area contributed by atoms with Crippen molar-refractivity contribution >= 4 is 37.7 Å². The van der Waals surface area contributed by atoms with Crippen LogP contribution in [0.5, 0.6) is 0 Å². The number of nitrogens with two attached hydrogens (primary N) is 1. The maximum absolute atomic E-state index is 12.4. The van der Waals surface area contributed by atoms with Gasteiger partial charge in [0.25, 0.3) is 15.9 Å². The summed E-state index contributed by atoms with van der Waals surface area (Å²) in [5.41, 5.74) is 1.99. The van der Waals surface area contributed by atoms with Crippen molar-refractivity contribution in [1.82, 2.24) is 5.48 Å². The zero-order chi connectivity index (χ0) is 19.4. The first kappa shape index (κ1) is 19.6. The summed E-state index contributed by atoms with van der Waals surface area (Å²) in [7, 11) is -7.81. The third kappa shape index (κ3) is 5.13. The summed E-state index contributed by atoms with van der Waals surface area (Å²) >= 11 is 0. The number of primary sulfonamides is 1. The predicted octanol–water partition coefficient (Wildman–Crippen LogP) is 0.653. The van der Waals surface area contributed by atoms with Crippen molar-refractivity contribution in [1.29, 1.82) is 0 Å². The van der Waals surface area contributed by atoms with E-state index in [2.05, 4.69) is 4.72 Å². The van der Waals surface area contributed by atoms with Gasteiger partial charge in [-0.25, -0.2) is 27.5 Å². The molecular formula is C15H15N3O6S2. The fourth-order valence-electron chi connectivity index (χ4n) is 1.92. The third-order valence-corrected chi connectivity index (χ3v) is 5.45. The molecule has 0 heterocycles. The van der Waals surface area contributed by atoms with Gasteiger partial charge in [0.15, 0.2) is 0 Å². The molecule has 0 unspecified atom stereocenters. The number of hydroxylamine groups is 1. The molecule has 0 radical (unpaired) electrons. The van der Waals surface area contributed by atoms with Gasteiger partial charge >= 0.3 is 0 Å². The van der Waals surface area contributed by atoms with Gasteiger partial charge in [-0.05, 0) is 48.0 Å². The van der Waals surface area contributed by atoms with E-state index in [1.54, 1.807) is 6.07 Å². The minimum atomic E-state index is -3.94. The van der Waals surface area contributed by atoms with Crippen LogP contribution in [-0.4, -0.2) is 28.0 Å². The van der Waals surface area contributed by atoms with Crippen molar-refractivity contribution in [3.63, 3.8) is 0 Å². The molecule has 0 spiro atoms. The van der Waals surface area contributed by atoms with Crippen LogP contribution in [0.25, 0.3) is 6.08 Å². The van der Waals surface area contributed by atoms with Crippen LogP contribution in [0.3, 0.4) is 0 Å². The van der Waals surface area contributed by atoms with Crippen LogP contribution in [0.1, 0.15) is 5.56 Å². The summed E-state index contributed by atoms with van der Waals surface area (Å²) in [4.78, 5) is 10.8. The van der Waals surface area contributed by atoms with E-state index in [0.717, 1.165) is 6.08 Å². The molecule has 0 aliphatic carbocycles. The molecule has 0 bridgehead atoms. The van der Waals surface area contributed by atoms with Gasteiger partial charge in [-0.2, -0.15) is 0 Å². The number of carbonyl (C=O) groups is 1. The minimum Gasteiger partial charge on any atom is -0.288 e. The van der Waals surface area contributed by atoms with Crippen molar-refractivity contribution in [2.24, 2.45) is 5.14 Å². The highest BCUT2D eigenvalue weighted by atomic mass is 32.2. The molecule has 0 saturated carbocycles. The van der Waals surface area contributed by atoms with E-state index < -0.39 is 26.0 Å². The first-order valence-corrected chi connectivity index (χ1v) is 10.0. The van der Waals surface area contributed by atoms with Gasteiger partial charge in [0.05, 0.1) is 9.79 Å². The van der Waals surface area contributed by atoms with Crippen molar-refractivity contribution in [2.45, 2.75) is 9.79 Å². The van der Waals surface area contributed by atoms with Crippen LogP contribution >= 0.6 is 0 Å². The van der Waals surface area contributed by atoms with Crippen LogP contribution in [0, 0.1) is 0 Å². The lowest BCUT2D eigenvalue weighted by Gasteiger charge is -2.09. The molecule has 0 atom stereocenters. The molecule has 5 N–H and O–H groups in total. The van der Waals surface area contributed by atoms with Crippen LogP contribution < -0.4 is 15.3 Å². The Kier molecular flexibility index (Phi) is 5.77. The fraction of sp³-hybridized carbons (Fsp3) is 0. The molecule has 0 fully saturated rings. The number of rotatable bonds is 6. The molecule has 1 amide bonds. The van der Waals surface area contributed by atoms with Gasteiger partial charge in [-0.3, -0.25) is 14.7 Å². The lowest BCUT2D eigenvalue weighted by molar-refractivity contribution is -0.124. The molecule has 0 aliphatic heterocycles. The molecule has 0 aromatic heterocycles. The highest BCUT2D eigenvalue weighted by Gasteiger charge is 2.15. The monoisotopic (exact) mass is 397 g/mol. The number of sulfonamides is 2. The van der Waals surface area contributed by atoms with Gasteiger partial charge in [0.1, 0.15) is 0 Å². The second-order valence-corrected chi connectivity index (χ2v) is 8.30. The number of benzene rings is 2. The average molecular weight is 397 g/mol. The van der Waals surface area contributed by atoms with Gasteiger partial charge in [-0.1, -0.05) is 12.1 Å². The summed E-state index contributed by atoms with van der Waals surface area (Å²) in [6, 6.07) is 10.6. The van der Waals surface area contributed by atoms with Gasteiger partial charge in [-0.15, -0.1) is 0 Å². The average Bonchev–Trinajstić information content (AvgIpc) is 2.59. The molecule has 2 aromatic carbocycles. The lowest BCUT2D eigenvalue weighted by Crippen LogP contribution is -2.15. The van der Waals surface area contributed by atoms with Crippen LogP contribution in [0.15, 0.2) is 64.4 Å². The number of nitrogens with one attached hydrogen (secondary N) is 2. The van der Waals surface area contributed by atoms with Gasteiger partial charge < -0.3 is 0 Å². The molecule has 2 rings (SSSR count). The first-order valence-electron chi connectivity index (χ1n) is 7.00. The Labute approximate surface area is 150 Å². The zero-order valence-electron chi connectivity index (χ0n) is 13.2. The predicted molar refractivity (Wildman–Crippen MR) is 94.0 cm³/mol. The second-order valence-electron chi connectivity index (χ2n) is 5.06. The molecule has 0 saturated heterocycles. The van der Waals surface area contributed by atoms with Crippen LogP contribution in [0.2, 0.25) is 0 Å². The summed E-state index contributed by atoms with van der Waals surface area (Å²) in [5.74, 6) is -0.758. The second kappa shape index (κ2) is 7.66. The minimum absolute atomic E-state index is 0.0698. The van der Waals surface area contributed by atoms with Crippen LogP contribution in [-0.2, 0) is 24.8 Å². The van der Waals surface area contributed by atoms with Crippen LogP contribution in [0.4, 0.5) is 5.69 Å².